The summed E-state index contributed by atoms with van der Waals surface area (Å²) in [5.74, 6) is 3.69. The van der Waals surface area contributed by atoms with E-state index in [-0.39, 0.29) is 0 Å². The highest BCUT2D eigenvalue weighted by molar-refractivity contribution is 7.99. The Hall–Kier alpha value is -0.670. The van der Waals surface area contributed by atoms with E-state index in [2.05, 4.69) is 35.3 Å². The van der Waals surface area contributed by atoms with E-state index in [1.807, 2.05) is 0 Å². The maximum absolute atomic E-state index is 5.46. The van der Waals surface area contributed by atoms with E-state index in [0.717, 1.165) is 24.6 Å². The van der Waals surface area contributed by atoms with Crippen LogP contribution in [0.4, 0.5) is 0 Å². The van der Waals surface area contributed by atoms with Gasteiger partial charge in [0.05, 0.1) is 7.11 Å². The number of thioether (sulfide) groups is 1. The maximum atomic E-state index is 5.46. The van der Waals surface area contributed by atoms with E-state index in [9.17, 15) is 0 Å². The van der Waals surface area contributed by atoms with Crippen LogP contribution in [-0.2, 0) is 12.8 Å². The van der Waals surface area contributed by atoms with Crippen LogP contribution in [0.3, 0.4) is 0 Å². The zero-order valence-corrected chi connectivity index (χ0v) is 11.8. The molecule has 1 aromatic rings. The summed E-state index contributed by atoms with van der Waals surface area (Å²) in [7, 11) is 1.77. The van der Waals surface area contributed by atoms with Crippen LogP contribution in [0.2, 0.25) is 0 Å². The molecular formula is C15H21NOS. The van der Waals surface area contributed by atoms with Crippen LogP contribution >= 0.6 is 11.8 Å². The lowest BCUT2D eigenvalue weighted by Gasteiger charge is -2.29. The summed E-state index contributed by atoms with van der Waals surface area (Å²) >= 11 is 2.08. The summed E-state index contributed by atoms with van der Waals surface area (Å²) in [5.41, 5.74) is 2.91. The lowest BCUT2D eigenvalue weighted by molar-refractivity contribution is 0.385. The molecule has 1 fully saturated rings. The first-order chi connectivity index (χ1) is 8.86. The number of methoxy groups -OCH3 is 1. The minimum atomic E-state index is 0.660. The van der Waals surface area contributed by atoms with Crippen LogP contribution in [0.15, 0.2) is 18.2 Å². The minimum absolute atomic E-state index is 0.660. The van der Waals surface area contributed by atoms with E-state index in [4.69, 9.17) is 4.74 Å². The van der Waals surface area contributed by atoms with E-state index in [0.29, 0.717) is 6.04 Å². The monoisotopic (exact) mass is 263 g/mol. The highest BCUT2D eigenvalue weighted by Gasteiger charge is 2.24. The van der Waals surface area contributed by atoms with Crippen LogP contribution in [0.1, 0.15) is 24.0 Å². The lowest BCUT2D eigenvalue weighted by atomic mass is 9.87. The molecule has 0 aromatic heterocycles. The summed E-state index contributed by atoms with van der Waals surface area (Å²) in [4.78, 5) is 0. The SMILES string of the molecule is COc1cccc2c1CCC(NC1CCSC1)C2. The van der Waals surface area contributed by atoms with E-state index in [1.54, 1.807) is 7.11 Å². The van der Waals surface area contributed by atoms with Gasteiger partial charge in [0.15, 0.2) is 0 Å². The zero-order chi connectivity index (χ0) is 12.4. The summed E-state index contributed by atoms with van der Waals surface area (Å²) in [5, 5.41) is 3.83. The van der Waals surface area contributed by atoms with Crippen LogP contribution in [-0.4, -0.2) is 30.7 Å². The van der Waals surface area contributed by atoms with E-state index < -0.39 is 0 Å². The molecule has 3 rings (SSSR count). The Labute approximate surface area is 113 Å². The smallest absolute Gasteiger partial charge is 0.122 e. The third-order valence-corrected chi connectivity index (χ3v) is 5.22. The molecule has 1 saturated heterocycles. The Balaban J connectivity index is 1.69. The first-order valence-corrected chi connectivity index (χ1v) is 8.01. The number of nitrogens with one attached hydrogen (secondary N) is 1. The summed E-state index contributed by atoms with van der Waals surface area (Å²) in [6.07, 6.45) is 4.89. The highest BCUT2D eigenvalue weighted by atomic mass is 32.2. The van der Waals surface area contributed by atoms with Gasteiger partial charge < -0.3 is 10.1 Å². The molecule has 98 valence electrons. The van der Waals surface area contributed by atoms with E-state index in [1.165, 1.54) is 35.5 Å². The lowest BCUT2D eigenvalue weighted by Crippen LogP contribution is -2.41. The zero-order valence-electron chi connectivity index (χ0n) is 10.9. The van der Waals surface area contributed by atoms with Crippen molar-refractivity contribution in [2.24, 2.45) is 0 Å². The predicted octanol–water partition coefficient (Wildman–Crippen LogP) is 2.65. The average Bonchev–Trinajstić information content (AvgIpc) is 2.90. The van der Waals surface area contributed by atoms with Gasteiger partial charge in [0.25, 0.3) is 0 Å². The number of benzene rings is 1. The van der Waals surface area contributed by atoms with Gasteiger partial charge in [0, 0.05) is 17.8 Å². The third-order valence-electron chi connectivity index (χ3n) is 4.06. The van der Waals surface area contributed by atoms with Crippen molar-refractivity contribution < 1.29 is 4.74 Å². The van der Waals surface area contributed by atoms with Gasteiger partial charge in [-0.1, -0.05) is 12.1 Å². The fourth-order valence-electron chi connectivity index (χ4n) is 3.10. The molecule has 2 aliphatic rings. The quantitative estimate of drug-likeness (QED) is 0.906. The number of fused-ring (bicyclic) bond motifs is 1. The predicted molar refractivity (Wildman–Crippen MR) is 77.7 cm³/mol. The molecule has 2 unspecified atom stereocenters. The van der Waals surface area contributed by atoms with Crippen molar-refractivity contribution in [1.82, 2.24) is 5.32 Å². The first kappa shape index (κ1) is 12.4. The average molecular weight is 263 g/mol. The molecule has 0 bridgehead atoms. The summed E-state index contributed by atoms with van der Waals surface area (Å²) in [6, 6.07) is 7.86. The summed E-state index contributed by atoms with van der Waals surface area (Å²) in [6.45, 7) is 0. The first-order valence-electron chi connectivity index (χ1n) is 6.85. The van der Waals surface area contributed by atoms with Crippen molar-refractivity contribution in [3.05, 3.63) is 29.3 Å². The fraction of sp³-hybridized carbons (Fsp3) is 0.600. The van der Waals surface area contributed by atoms with Gasteiger partial charge in [0.1, 0.15) is 5.75 Å². The standard InChI is InChI=1S/C15H21NOS/c1-17-15-4-2-3-11-9-12(5-6-14(11)15)16-13-7-8-18-10-13/h2-4,12-13,16H,5-10H2,1H3. The second kappa shape index (κ2) is 5.54. The van der Waals surface area contributed by atoms with Gasteiger partial charge in [-0.3, -0.25) is 0 Å². The molecule has 1 aliphatic heterocycles. The molecule has 1 heterocycles. The maximum Gasteiger partial charge on any atom is 0.122 e. The Morgan fingerprint density at radius 3 is 3.00 bits per heavy atom. The normalized spacial score (nSPS) is 26.9. The minimum Gasteiger partial charge on any atom is -0.496 e. The van der Waals surface area contributed by atoms with Gasteiger partial charge >= 0.3 is 0 Å². The molecule has 0 amide bonds. The van der Waals surface area contributed by atoms with E-state index >= 15 is 0 Å². The second-order valence-electron chi connectivity index (χ2n) is 5.26. The molecule has 2 nitrogen and oxygen atoms in total. The molecule has 0 spiro atoms. The number of hydrogen-bond acceptors (Lipinski definition) is 3. The number of hydrogen-bond donors (Lipinski definition) is 1. The van der Waals surface area contributed by atoms with Crippen molar-refractivity contribution in [2.45, 2.75) is 37.8 Å². The Morgan fingerprint density at radius 2 is 2.22 bits per heavy atom. The molecule has 2 atom stereocenters. The molecule has 3 heteroatoms. The Bertz CT molecular complexity index is 415. The topological polar surface area (TPSA) is 21.3 Å². The van der Waals surface area contributed by atoms with Crippen molar-refractivity contribution >= 4 is 11.8 Å². The van der Waals surface area contributed by atoms with Gasteiger partial charge in [-0.15, -0.1) is 0 Å². The molecular weight excluding hydrogens is 242 g/mol. The molecule has 1 aromatic carbocycles. The van der Waals surface area contributed by atoms with Gasteiger partial charge in [-0.05, 0) is 48.6 Å². The molecule has 1 aliphatic carbocycles. The van der Waals surface area contributed by atoms with Crippen molar-refractivity contribution in [2.75, 3.05) is 18.6 Å². The molecule has 18 heavy (non-hydrogen) atoms. The van der Waals surface area contributed by atoms with Crippen LogP contribution in [0.5, 0.6) is 5.75 Å². The third kappa shape index (κ3) is 2.52. The van der Waals surface area contributed by atoms with Gasteiger partial charge in [0.2, 0.25) is 0 Å². The number of rotatable bonds is 3. The van der Waals surface area contributed by atoms with Crippen molar-refractivity contribution in [3.8, 4) is 5.75 Å². The Morgan fingerprint density at radius 1 is 1.28 bits per heavy atom. The van der Waals surface area contributed by atoms with Gasteiger partial charge in [-0.25, -0.2) is 0 Å². The van der Waals surface area contributed by atoms with Gasteiger partial charge in [-0.2, -0.15) is 11.8 Å². The number of ether oxygens (including phenoxy) is 1. The van der Waals surface area contributed by atoms with Crippen LogP contribution < -0.4 is 10.1 Å². The summed E-state index contributed by atoms with van der Waals surface area (Å²) < 4.78 is 5.46. The Kier molecular flexibility index (Phi) is 3.80. The van der Waals surface area contributed by atoms with Crippen molar-refractivity contribution in [1.29, 1.82) is 0 Å². The van der Waals surface area contributed by atoms with Crippen molar-refractivity contribution in [3.63, 3.8) is 0 Å². The van der Waals surface area contributed by atoms with Crippen LogP contribution in [0, 0.1) is 0 Å². The highest BCUT2D eigenvalue weighted by Crippen LogP contribution is 2.30. The van der Waals surface area contributed by atoms with Crippen LogP contribution in [0.25, 0.3) is 0 Å². The molecule has 0 radical (unpaired) electrons. The molecule has 0 saturated carbocycles. The molecule has 1 N–H and O–H groups in total. The largest absolute Gasteiger partial charge is 0.496 e. The second-order valence-corrected chi connectivity index (χ2v) is 6.41. The fourth-order valence-corrected chi connectivity index (χ4v) is 4.27.